The van der Waals surface area contributed by atoms with Gasteiger partial charge < -0.3 is 0 Å². The maximum absolute atomic E-state index is 12.2. The van der Waals surface area contributed by atoms with Crippen LogP contribution in [-0.2, 0) is 5.54 Å². The number of hydrogen-bond donors (Lipinski definition) is 0. The Kier molecular flexibility index (Phi) is 2.61. The normalized spacial score (nSPS) is 11.7. The summed E-state index contributed by atoms with van der Waals surface area (Å²) in [6, 6.07) is 1.23. The maximum atomic E-state index is 12.2. The minimum Gasteiger partial charge on any atom is -0.267 e. The highest BCUT2D eigenvalue weighted by atomic mass is 16.6. The monoisotopic (exact) mass is 248 g/mol. The molecule has 2 rings (SSSR count). The lowest BCUT2D eigenvalue weighted by Crippen LogP contribution is -2.35. The Morgan fingerprint density at radius 2 is 2.00 bits per heavy atom. The van der Waals surface area contributed by atoms with Crippen LogP contribution in [0.4, 0.5) is 5.69 Å². The number of rotatable bonds is 1. The van der Waals surface area contributed by atoms with Gasteiger partial charge in [-0.15, -0.1) is 0 Å². The van der Waals surface area contributed by atoms with Gasteiger partial charge in [-0.05, 0) is 20.8 Å². The Balaban J connectivity index is 2.80. The van der Waals surface area contributed by atoms with Crippen LogP contribution >= 0.6 is 0 Å². The second kappa shape index (κ2) is 3.86. The van der Waals surface area contributed by atoms with Crippen molar-refractivity contribution in [2.45, 2.75) is 26.3 Å². The Hall–Kier alpha value is -2.31. The Labute approximate surface area is 102 Å². The average Bonchev–Trinajstić information content (AvgIpc) is 2.27. The Morgan fingerprint density at radius 1 is 1.33 bits per heavy atom. The molecule has 0 amide bonds. The summed E-state index contributed by atoms with van der Waals surface area (Å²) in [5.41, 5.74) is -0.718. The van der Waals surface area contributed by atoms with Gasteiger partial charge in [0.15, 0.2) is 0 Å². The van der Waals surface area contributed by atoms with Gasteiger partial charge in [-0.25, -0.2) is 9.67 Å². The number of aromatic nitrogens is 3. The van der Waals surface area contributed by atoms with Crippen LogP contribution in [0.25, 0.3) is 10.9 Å². The van der Waals surface area contributed by atoms with Crippen LogP contribution < -0.4 is 5.56 Å². The van der Waals surface area contributed by atoms with Gasteiger partial charge in [0.25, 0.3) is 11.2 Å². The topological polar surface area (TPSA) is 90.9 Å². The Morgan fingerprint density at radius 3 is 2.56 bits per heavy atom. The lowest BCUT2D eigenvalue weighted by atomic mass is 10.1. The minimum absolute atomic E-state index is 0.203. The molecule has 2 heterocycles. The SMILES string of the molecule is CC(C)(C)n1ncc2ncc([N+](=O)[O-])cc2c1=O. The molecule has 2 aromatic rings. The molecule has 0 aromatic carbocycles. The van der Waals surface area contributed by atoms with E-state index in [0.29, 0.717) is 5.52 Å². The van der Waals surface area contributed by atoms with Crippen molar-refractivity contribution in [3.63, 3.8) is 0 Å². The van der Waals surface area contributed by atoms with Gasteiger partial charge in [-0.3, -0.25) is 14.9 Å². The van der Waals surface area contributed by atoms with Crippen LogP contribution in [0.2, 0.25) is 0 Å². The predicted molar refractivity (Wildman–Crippen MR) is 65.4 cm³/mol. The molecular formula is C11H12N4O3. The summed E-state index contributed by atoms with van der Waals surface area (Å²) in [4.78, 5) is 26.2. The van der Waals surface area contributed by atoms with Gasteiger partial charge in [0.05, 0.1) is 27.6 Å². The third-order valence-corrected chi connectivity index (χ3v) is 2.47. The summed E-state index contributed by atoms with van der Waals surface area (Å²) in [5, 5.41) is 14.9. The molecule has 0 fully saturated rings. The van der Waals surface area contributed by atoms with Crippen molar-refractivity contribution in [1.82, 2.24) is 14.8 Å². The molecular weight excluding hydrogens is 236 g/mol. The summed E-state index contributed by atoms with van der Waals surface area (Å²) < 4.78 is 1.29. The minimum atomic E-state index is -0.576. The first-order chi connectivity index (χ1) is 8.30. The molecule has 0 spiro atoms. The molecule has 18 heavy (non-hydrogen) atoms. The molecule has 0 atom stereocenters. The fourth-order valence-electron chi connectivity index (χ4n) is 1.60. The number of pyridine rings is 1. The molecule has 2 aromatic heterocycles. The zero-order chi connectivity index (χ0) is 13.5. The van der Waals surface area contributed by atoms with E-state index in [9.17, 15) is 14.9 Å². The first-order valence-electron chi connectivity index (χ1n) is 5.33. The van der Waals surface area contributed by atoms with Gasteiger partial charge in [0.1, 0.15) is 6.20 Å². The van der Waals surface area contributed by atoms with Crippen LogP contribution in [-0.4, -0.2) is 19.7 Å². The summed E-state index contributed by atoms with van der Waals surface area (Å²) in [7, 11) is 0. The first kappa shape index (κ1) is 12.2. The number of nitrogens with zero attached hydrogens (tertiary/aromatic N) is 4. The van der Waals surface area contributed by atoms with Crippen LogP contribution in [0.1, 0.15) is 20.8 Å². The molecule has 0 unspecified atom stereocenters. The van der Waals surface area contributed by atoms with E-state index in [1.807, 2.05) is 20.8 Å². The molecule has 0 radical (unpaired) electrons. The van der Waals surface area contributed by atoms with Crippen molar-refractivity contribution in [2.24, 2.45) is 0 Å². The van der Waals surface area contributed by atoms with Crippen molar-refractivity contribution in [3.05, 3.63) is 38.9 Å². The number of nitro groups is 1. The second-order valence-corrected chi connectivity index (χ2v) is 4.92. The lowest BCUT2D eigenvalue weighted by Gasteiger charge is -2.20. The fraction of sp³-hybridized carbons (Fsp3) is 0.364. The summed E-state index contributed by atoms with van der Waals surface area (Å²) in [5.74, 6) is 0. The van der Waals surface area contributed by atoms with E-state index in [1.54, 1.807) is 0 Å². The molecule has 0 aliphatic carbocycles. The molecule has 94 valence electrons. The molecule has 7 heteroatoms. The van der Waals surface area contributed by atoms with Crippen LogP contribution in [0.5, 0.6) is 0 Å². The maximum Gasteiger partial charge on any atom is 0.288 e. The summed E-state index contributed by atoms with van der Waals surface area (Å²) in [6.07, 6.45) is 2.55. The predicted octanol–water partition coefficient (Wildman–Crippen LogP) is 1.45. The van der Waals surface area contributed by atoms with Crippen molar-refractivity contribution in [3.8, 4) is 0 Å². The van der Waals surface area contributed by atoms with E-state index < -0.39 is 10.5 Å². The van der Waals surface area contributed by atoms with Gasteiger partial charge in [0, 0.05) is 6.07 Å². The van der Waals surface area contributed by atoms with Crippen molar-refractivity contribution in [2.75, 3.05) is 0 Å². The largest absolute Gasteiger partial charge is 0.288 e. The molecule has 7 nitrogen and oxygen atoms in total. The van der Waals surface area contributed by atoms with Crippen LogP contribution in [0, 0.1) is 10.1 Å². The Bertz CT molecular complexity index is 685. The quantitative estimate of drug-likeness (QED) is 0.562. The smallest absolute Gasteiger partial charge is 0.267 e. The van der Waals surface area contributed by atoms with Gasteiger partial charge in [-0.2, -0.15) is 5.10 Å². The van der Waals surface area contributed by atoms with E-state index in [4.69, 9.17) is 0 Å². The third kappa shape index (κ3) is 1.94. The van der Waals surface area contributed by atoms with E-state index in [1.165, 1.54) is 16.9 Å². The van der Waals surface area contributed by atoms with Gasteiger partial charge in [-0.1, -0.05) is 0 Å². The van der Waals surface area contributed by atoms with E-state index >= 15 is 0 Å². The van der Waals surface area contributed by atoms with E-state index in [0.717, 1.165) is 6.20 Å². The average molecular weight is 248 g/mol. The molecule has 0 N–H and O–H groups in total. The third-order valence-electron chi connectivity index (χ3n) is 2.47. The standard InChI is InChI=1S/C11H12N4O3/c1-11(2,3)14-10(16)8-4-7(15(17)18)5-12-9(8)6-13-14/h4-6H,1-3H3. The molecule has 0 saturated heterocycles. The molecule has 0 aliphatic heterocycles. The van der Waals surface area contributed by atoms with Crippen LogP contribution in [0.3, 0.4) is 0 Å². The fourth-order valence-corrected chi connectivity index (χ4v) is 1.60. The highest BCUT2D eigenvalue weighted by Gasteiger charge is 2.19. The summed E-state index contributed by atoms with van der Waals surface area (Å²) >= 11 is 0. The lowest BCUT2D eigenvalue weighted by molar-refractivity contribution is -0.385. The van der Waals surface area contributed by atoms with Crippen molar-refractivity contribution < 1.29 is 4.92 Å². The van der Waals surface area contributed by atoms with E-state index in [2.05, 4.69) is 10.1 Å². The van der Waals surface area contributed by atoms with Crippen LogP contribution in [0.15, 0.2) is 23.3 Å². The first-order valence-corrected chi connectivity index (χ1v) is 5.33. The zero-order valence-electron chi connectivity index (χ0n) is 10.2. The van der Waals surface area contributed by atoms with Gasteiger partial charge >= 0.3 is 0 Å². The molecule has 0 bridgehead atoms. The van der Waals surface area contributed by atoms with Crippen molar-refractivity contribution in [1.29, 1.82) is 0 Å². The highest BCUT2D eigenvalue weighted by Crippen LogP contribution is 2.16. The van der Waals surface area contributed by atoms with Gasteiger partial charge in [0.2, 0.25) is 0 Å². The zero-order valence-corrected chi connectivity index (χ0v) is 10.2. The number of fused-ring (bicyclic) bond motifs is 1. The second-order valence-electron chi connectivity index (χ2n) is 4.92. The molecule has 0 aliphatic rings. The van der Waals surface area contributed by atoms with E-state index in [-0.39, 0.29) is 16.6 Å². The summed E-state index contributed by atoms with van der Waals surface area (Å²) in [6.45, 7) is 5.49. The molecule has 0 saturated carbocycles. The number of hydrogen-bond acceptors (Lipinski definition) is 5. The van der Waals surface area contributed by atoms with Crippen molar-refractivity contribution >= 4 is 16.6 Å². The highest BCUT2D eigenvalue weighted by molar-refractivity contribution is 5.78.